The number of nitrogens with one attached hydrogen (secondary N) is 2. The number of nitrogens with zero attached hydrogens (tertiary/aromatic N) is 2. The maximum Gasteiger partial charge on any atom is 0.233 e. The summed E-state index contributed by atoms with van der Waals surface area (Å²) >= 11 is 8.96. The van der Waals surface area contributed by atoms with Gasteiger partial charge in [0.25, 0.3) is 0 Å². The first kappa shape index (κ1) is 19.0. The molecular weight excluding hydrogens is 364 g/mol. The lowest BCUT2D eigenvalue weighted by atomic mass is 10.2. The highest BCUT2D eigenvalue weighted by Gasteiger charge is 2.17. The van der Waals surface area contributed by atoms with Gasteiger partial charge in [-0.15, -0.1) is 10.2 Å². The Hall–Kier alpha value is -1.31. The lowest BCUT2D eigenvalue weighted by Gasteiger charge is -2.11. The van der Waals surface area contributed by atoms with E-state index < -0.39 is 0 Å². The molecular formula is C16H21ClN4OS2. The molecule has 1 heterocycles. The molecule has 1 amide bonds. The number of amides is 1. The summed E-state index contributed by atoms with van der Waals surface area (Å²) < 4.78 is 0.779. The fourth-order valence-corrected chi connectivity index (χ4v) is 3.92. The molecule has 5 nitrogen and oxygen atoms in total. The van der Waals surface area contributed by atoms with Crippen molar-refractivity contribution < 1.29 is 4.79 Å². The van der Waals surface area contributed by atoms with E-state index in [2.05, 4.69) is 34.7 Å². The van der Waals surface area contributed by atoms with Crippen LogP contribution in [0.25, 0.3) is 0 Å². The first-order chi connectivity index (χ1) is 11.5. The summed E-state index contributed by atoms with van der Waals surface area (Å²) in [6.07, 6.45) is 0. The minimum atomic E-state index is -0.251. The number of carbonyl (C=O) groups is 1. The van der Waals surface area contributed by atoms with Gasteiger partial charge in [0, 0.05) is 18.1 Å². The Bertz CT molecular complexity index is 678. The number of anilines is 1. The van der Waals surface area contributed by atoms with Crippen LogP contribution in [0.2, 0.25) is 5.02 Å². The Morgan fingerprint density at radius 1 is 1.29 bits per heavy atom. The van der Waals surface area contributed by atoms with Gasteiger partial charge in [-0.25, -0.2) is 0 Å². The molecule has 0 saturated carbocycles. The highest BCUT2D eigenvalue weighted by molar-refractivity contribution is 8.02. The van der Waals surface area contributed by atoms with Crippen LogP contribution in [-0.4, -0.2) is 27.9 Å². The van der Waals surface area contributed by atoms with Crippen LogP contribution in [0.3, 0.4) is 0 Å². The molecule has 0 radical (unpaired) electrons. The smallest absolute Gasteiger partial charge is 0.233 e. The summed E-state index contributed by atoms with van der Waals surface area (Å²) in [5, 5.41) is 15.5. The molecule has 0 bridgehead atoms. The van der Waals surface area contributed by atoms with Crippen LogP contribution in [-0.2, 0) is 11.3 Å². The van der Waals surface area contributed by atoms with Crippen molar-refractivity contribution >= 4 is 45.7 Å². The molecule has 2 N–H and O–H groups in total. The average Bonchev–Trinajstić information content (AvgIpc) is 2.99. The monoisotopic (exact) mass is 384 g/mol. The third-order valence-electron chi connectivity index (χ3n) is 3.13. The molecule has 0 fully saturated rings. The van der Waals surface area contributed by atoms with Gasteiger partial charge in [-0.05, 0) is 24.5 Å². The zero-order valence-electron chi connectivity index (χ0n) is 13.9. The van der Waals surface area contributed by atoms with Gasteiger partial charge in [0.2, 0.25) is 11.0 Å². The van der Waals surface area contributed by atoms with Crippen LogP contribution >= 0.6 is 34.7 Å². The van der Waals surface area contributed by atoms with Crippen LogP contribution in [0.15, 0.2) is 28.6 Å². The van der Waals surface area contributed by atoms with Crippen molar-refractivity contribution in [2.45, 2.75) is 36.9 Å². The SMILES string of the molecule is CC(C)CNc1nnc(S[C@@H](C)C(=O)NCc2ccccc2Cl)s1. The molecule has 2 aromatic rings. The standard InChI is InChI=1S/C16H21ClN4OS2/c1-10(2)8-19-15-20-21-16(24-15)23-11(3)14(22)18-9-12-6-4-5-7-13(12)17/h4-7,10-11H,8-9H2,1-3H3,(H,18,22)(H,19,20)/t11-/m0/s1. The number of hydrogen-bond acceptors (Lipinski definition) is 6. The number of hydrogen-bond donors (Lipinski definition) is 2. The lowest BCUT2D eigenvalue weighted by molar-refractivity contribution is -0.120. The molecule has 1 aromatic carbocycles. The average molecular weight is 385 g/mol. The molecule has 130 valence electrons. The number of benzene rings is 1. The molecule has 2 rings (SSSR count). The first-order valence-corrected chi connectivity index (χ1v) is 9.78. The topological polar surface area (TPSA) is 66.9 Å². The summed E-state index contributed by atoms with van der Waals surface area (Å²) in [7, 11) is 0. The van der Waals surface area contributed by atoms with Crippen LogP contribution in [0.4, 0.5) is 5.13 Å². The van der Waals surface area contributed by atoms with Gasteiger partial charge in [0.05, 0.1) is 5.25 Å². The second-order valence-electron chi connectivity index (χ2n) is 5.72. The van der Waals surface area contributed by atoms with Crippen molar-refractivity contribution in [3.63, 3.8) is 0 Å². The third-order valence-corrected chi connectivity index (χ3v) is 5.56. The maximum atomic E-state index is 12.2. The van der Waals surface area contributed by atoms with Crippen LogP contribution < -0.4 is 10.6 Å². The summed E-state index contributed by atoms with van der Waals surface area (Å²) in [6.45, 7) is 7.40. The minimum Gasteiger partial charge on any atom is -0.360 e. The Labute approximate surface area is 155 Å². The van der Waals surface area contributed by atoms with E-state index in [0.717, 1.165) is 21.6 Å². The van der Waals surface area contributed by atoms with Crippen molar-refractivity contribution in [3.05, 3.63) is 34.9 Å². The molecule has 1 atom stereocenters. The van der Waals surface area contributed by atoms with Gasteiger partial charge < -0.3 is 10.6 Å². The fourth-order valence-electron chi connectivity index (χ4n) is 1.79. The molecule has 0 aliphatic heterocycles. The van der Waals surface area contributed by atoms with Crippen LogP contribution in [0.1, 0.15) is 26.3 Å². The number of carbonyl (C=O) groups excluding carboxylic acids is 1. The lowest BCUT2D eigenvalue weighted by Crippen LogP contribution is -2.30. The quantitative estimate of drug-likeness (QED) is 0.672. The van der Waals surface area contributed by atoms with E-state index in [4.69, 9.17) is 11.6 Å². The highest BCUT2D eigenvalue weighted by Crippen LogP contribution is 2.29. The number of aromatic nitrogens is 2. The van der Waals surface area contributed by atoms with Crippen molar-refractivity contribution in [3.8, 4) is 0 Å². The molecule has 0 unspecified atom stereocenters. The Morgan fingerprint density at radius 2 is 2.04 bits per heavy atom. The Balaban J connectivity index is 1.82. The Kier molecular flexibility index (Phi) is 7.33. The second kappa shape index (κ2) is 9.25. The van der Waals surface area contributed by atoms with Gasteiger partial charge >= 0.3 is 0 Å². The van der Waals surface area contributed by atoms with Crippen molar-refractivity contribution in [1.29, 1.82) is 0 Å². The van der Waals surface area contributed by atoms with E-state index in [-0.39, 0.29) is 11.2 Å². The van der Waals surface area contributed by atoms with E-state index in [1.165, 1.54) is 23.1 Å². The normalized spacial score (nSPS) is 12.2. The van der Waals surface area contributed by atoms with Gasteiger partial charge in [0.15, 0.2) is 4.34 Å². The second-order valence-corrected chi connectivity index (χ2v) is 8.69. The van der Waals surface area contributed by atoms with E-state index in [9.17, 15) is 4.79 Å². The molecule has 24 heavy (non-hydrogen) atoms. The van der Waals surface area contributed by atoms with Gasteiger partial charge in [-0.1, -0.05) is 66.7 Å². The van der Waals surface area contributed by atoms with E-state index in [1.54, 1.807) is 0 Å². The zero-order chi connectivity index (χ0) is 17.5. The largest absolute Gasteiger partial charge is 0.360 e. The summed E-state index contributed by atoms with van der Waals surface area (Å²) in [5.41, 5.74) is 0.904. The van der Waals surface area contributed by atoms with E-state index in [1.807, 2.05) is 31.2 Å². The number of thioether (sulfide) groups is 1. The molecule has 1 aromatic heterocycles. The summed E-state index contributed by atoms with van der Waals surface area (Å²) in [4.78, 5) is 12.2. The molecule has 8 heteroatoms. The van der Waals surface area contributed by atoms with Crippen LogP contribution in [0, 0.1) is 5.92 Å². The molecule has 0 aliphatic rings. The summed E-state index contributed by atoms with van der Waals surface area (Å²) in [5.74, 6) is 0.492. The van der Waals surface area contributed by atoms with E-state index >= 15 is 0 Å². The zero-order valence-corrected chi connectivity index (χ0v) is 16.3. The first-order valence-electron chi connectivity index (χ1n) is 7.71. The molecule has 0 spiro atoms. The molecule has 0 aliphatic carbocycles. The van der Waals surface area contributed by atoms with Crippen LogP contribution in [0.5, 0.6) is 0 Å². The number of halogens is 1. The third kappa shape index (κ3) is 5.96. The Morgan fingerprint density at radius 3 is 2.75 bits per heavy atom. The predicted octanol–water partition coefficient (Wildman–Crippen LogP) is 4.06. The van der Waals surface area contributed by atoms with Gasteiger partial charge in [-0.2, -0.15) is 0 Å². The minimum absolute atomic E-state index is 0.0493. The number of rotatable bonds is 8. The van der Waals surface area contributed by atoms with Crippen molar-refractivity contribution in [2.24, 2.45) is 5.92 Å². The maximum absolute atomic E-state index is 12.2. The summed E-state index contributed by atoms with van der Waals surface area (Å²) in [6, 6.07) is 7.48. The predicted molar refractivity (Wildman–Crippen MR) is 102 cm³/mol. The fraction of sp³-hybridized carbons (Fsp3) is 0.438. The van der Waals surface area contributed by atoms with Crippen molar-refractivity contribution in [1.82, 2.24) is 15.5 Å². The van der Waals surface area contributed by atoms with E-state index in [0.29, 0.717) is 17.5 Å². The van der Waals surface area contributed by atoms with Gasteiger partial charge in [0.1, 0.15) is 0 Å². The highest BCUT2D eigenvalue weighted by atomic mass is 35.5. The molecule has 0 saturated heterocycles. The van der Waals surface area contributed by atoms with Gasteiger partial charge in [-0.3, -0.25) is 4.79 Å². The van der Waals surface area contributed by atoms with Crippen molar-refractivity contribution in [2.75, 3.05) is 11.9 Å².